The highest BCUT2D eigenvalue weighted by Gasteiger charge is 2.31. The van der Waals surface area contributed by atoms with Gasteiger partial charge in [0.1, 0.15) is 0 Å². The highest BCUT2D eigenvalue weighted by atomic mass is 32.2. The lowest BCUT2D eigenvalue weighted by Gasteiger charge is -2.31. The van der Waals surface area contributed by atoms with Crippen molar-refractivity contribution in [2.45, 2.75) is 45.6 Å². The van der Waals surface area contributed by atoms with Gasteiger partial charge in [0.15, 0.2) is 0 Å². The third kappa shape index (κ3) is 4.20. The predicted octanol–water partition coefficient (Wildman–Crippen LogP) is 0.649. The van der Waals surface area contributed by atoms with Gasteiger partial charge in [-0.1, -0.05) is 6.92 Å². The van der Waals surface area contributed by atoms with Crippen LogP contribution >= 0.6 is 0 Å². The van der Waals surface area contributed by atoms with Crippen LogP contribution in [0.15, 0.2) is 0 Å². The Kier molecular flexibility index (Phi) is 6.23. The fraction of sp³-hybridized carbons (Fsp3) is 0.933. The number of hydrogen-bond acceptors (Lipinski definition) is 4. The number of carbonyl (C=O) groups is 1. The summed E-state index contributed by atoms with van der Waals surface area (Å²) in [4.78, 5) is 14.7. The van der Waals surface area contributed by atoms with Crippen molar-refractivity contribution in [1.82, 2.24) is 14.5 Å². The van der Waals surface area contributed by atoms with Crippen molar-refractivity contribution < 1.29 is 13.2 Å². The molecule has 0 saturated carbocycles. The Morgan fingerprint density at radius 2 is 1.82 bits per heavy atom. The number of nitrogens with zero attached hydrogens (tertiary/aromatic N) is 2. The van der Waals surface area contributed by atoms with Crippen molar-refractivity contribution in [2.24, 2.45) is 5.92 Å². The van der Waals surface area contributed by atoms with Crippen LogP contribution < -0.4 is 5.32 Å². The molecule has 0 aliphatic carbocycles. The molecule has 1 atom stereocenters. The molecule has 0 aromatic heterocycles. The number of carbonyl (C=O) groups excluding carboxylic acids is 1. The number of likely N-dealkylation sites (tertiary alicyclic amines) is 1. The first-order valence-corrected chi connectivity index (χ1v) is 10.1. The maximum Gasteiger partial charge on any atom is 0.223 e. The van der Waals surface area contributed by atoms with E-state index in [0.29, 0.717) is 32.0 Å². The summed E-state index contributed by atoms with van der Waals surface area (Å²) in [7, 11) is -3.11. The number of likely N-dealkylation sites (N-methyl/N-ethyl adjacent to an activating group) is 1. The Labute approximate surface area is 134 Å². The highest BCUT2D eigenvalue weighted by Crippen LogP contribution is 2.21. The monoisotopic (exact) mass is 331 g/mol. The van der Waals surface area contributed by atoms with E-state index in [0.717, 1.165) is 26.1 Å². The van der Waals surface area contributed by atoms with Crippen LogP contribution in [0.5, 0.6) is 0 Å². The summed E-state index contributed by atoms with van der Waals surface area (Å²) in [6, 6.07) is 0.467. The second-order valence-electron chi connectivity index (χ2n) is 6.24. The summed E-state index contributed by atoms with van der Waals surface area (Å²) >= 11 is 0. The van der Waals surface area contributed by atoms with E-state index in [4.69, 9.17) is 0 Å². The first-order chi connectivity index (χ1) is 10.5. The SMILES string of the molecule is CCN1CCCC1CNC(=O)C1CCN(S(=O)(=O)CC)CC1. The third-order valence-electron chi connectivity index (χ3n) is 5.00. The number of rotatable bonds is 6. The summed E-state index contributed by atoms with van der Waals surface area (Å²) in [5.41, 5.74) is 0. The molecule has 2 rings (SSSR count). The standard InChI is InChI=1S/C15H29N3O3S/c1-3-17-9-5-6-14(17)12-16-15(19)13-7-10-18(11-8-13)22(20,21)4-2/h13-14H,3-12H2,1-2H3,(H,16,19). The molecule has 0 bridgehead atoms. The van der Waals surface area contributed by atoms with Gasteiger partial charge in [-0.15, -0.1) is 0 Å². The molecular formula is C15H29N3O3S. The van der Waals surface area contributed by atoms with E-state index in [1.165, 1.54) is 10.7 Å². The molecule has 0 aromatic rings. The molecule has 1 unspecified atom stereocenters. The van der Waals surface area contributed by atoms with Gasteiger partial charge in [-0.2, -0.15) is 0 Å². The van der Waals surface area contributed by atoms with Crippen LogP contribution in [0.3, 0.4) is 0 Å². The van der Waals surface area contributed by atoms with Crippen molar-refractivity contribution in [2.75, 3.05) is 38.5 Å². The van der Waals surface area contributed by atoms with E-state index in [-0.39, 0.29) is 17.6 Å². The smallest absolute Gasteiger partial charge is 0.223 e. The number of nitrogens with one attached hydrogen (secondary N) is 1. The highest BCUT2D eigenvalue weighted by molar-refractivity contribution is 7.89. The van der Waals surface area contributed by atoms with Crippen LogP contribution in [0.25, 0.3) is 0 Å². The molecule has 0 spiro atoms. The van der Waals surface area contributed by atoms with E-state index in [1.54, 1.807) is 6.92 Å². The van der Waals surface area contributed by atoms with Gasteiger partial charge >= 0.3 is 0 Å². The Balaban J connectivity index is 1.76. The third-order valence-corrected chi connectivity index (χ3v) is 6.88. The summed E-state index contributed by atoms with van der Waals surface area (Å²) in [5.74, 6) is 0.189. The van der Waals surface area contributed by atoms with Crippen LogP contribution in [0, 0.1) is 5.92 Å². The molecule has 0 radical (unpaired) electrons. The van der Waals surface area contributed by atoms with Gasteiger partial charge in [-0.3, -0.25) is 9.69 Å². The summed E-state index contributed by atoms with van der Waals surface area (Å²) in [6.45, 7) is 7.65. The molecule has 0 aromatic carbocycles. The molecule has 128 valence electrons. The van der Waals surface area contributed by atoms with Gasteiger partial charge in [-0.25, -0.2) is 12.7 Å². The van der Waals surface area contributed by atoms with Crippen LogP contribution in [0.1, 0.15) is 39.5 Å². The topological polar surface area (TPSA) is 69.7 Å². The van der Waals surface area contributed by atoms with Gasteiger partial charge in [0.2, 0.25) is 15.9 Å². The predicted molar refractivity (Wildman–Crippen MR) is 87.0 cm³/mol. The lowest BCUT2D eigenvalue weighted by Crippen LogP contribution is -2.46. The summed E-state index contributed by atoms with van der Waals surface area (Å²) < 4.78 is 25.2. The van der Waals surface area contributed by atoms with E-state index in [9.17, 15) is 13.2 Å². The minimum absolute atomic E-state index is 0.0419. The molecule has 2 fully saturated rings. The lowest BCUT2D eigenvalue weighted by molar-refractivity contribution is -0.126. The quantitative estimate of drug-likeness (QED) is 0.776. The van der Waals surface area contributed by atoms with Crippen molar-refractivity contribution in [3.63, 3.8) is 0 Å². The maximum absolute atomic E-state index is 12.3. The second kappa shape index (κ2) is 7.75. The van der Waals surface area contributed by atoms with Crippen LogP contribution in [-0.4, -0.2) is 68.0 Å². The molecule has 1 amide bonds. The average Bonchev–Trinajstić information content (AvgIpc) is 3.00. The first-order valence-electron chi connectivity index (χ1n) is 8.47. The zero-order valence-electron chi connectivity index (χ0n) is 13.8. The fourth-order valence-electron chi connectivity index (χ4n) is 3.48. The van der Waals surface area contributed by atoms with E-state index in [2.05, 4.69) is 17.1 Å². The molecule has 6 nitrogen and oxygen atoms in total. The molecular weight excluding hydrogens is 302 g/mol. The second-order valence-corrected chi connectivity index (χ2v) is 8.50. The zero-order valence-corrected chi connectivity index (χ0v) is 14.6. The summed E-state index contributed by atoms with van der Waals surface area (Å²) in [6.07, 6.45) is 3.63. The van der Waals surface area contributed by atoms with Crippen LogP contribution in [-0.2, 0) is 14.8 Å². The molecule has 2 saturated heterocycles. The van der Waals surface area contributed by atoms with Crippen molar-refractivity contribution in [3.05, 3.63) is 0 Å². The number of hydrogen-bond donors (Lipinski definition) is 1. The summed E-state index contributed by atoms with van der Waals surface area (Å²) in [5, 5.41) is 3.08. The Hall–Kier alpha value is -0.660. The van der Waals surface area contributed by atoms with Gasteiger partial charge in [0, 0.05) is 31.6 Å². The van der Waals surface area contributed by atoms with E-state index in [1.807, 2.05) is 0 Å². The molecule has 22 heavy (non-hydrogen) atoms. The molecule has 2 heterocycles. The molecule has 1 N–H and O–H groups in total. The van der Waals surface area contributed by atoms with Gasteiger partial charge in [0.25, 0.3) is 0 Å². The molecule has 7 heteroatoms. The van der Waals surface area contributed by atoms with Crippen molar-refractivity contribution in [1.29, 1.82) is 0 Å². The molecule has 2 aliphatic heterocycles. The normalized spacial score (nSPS) is 25.5. The number of amides is 1. The largest absolute Gasteiger partial charge is 0.354 e. The fourth-order valence-corrected chi connectivity index (χ4v) is 4.62. The number of sulfonamides is 1. The maximum atomic E-state index is 12.3. The van der Waals surface area contributed by atoms with Gasteiger partial charge < -0.3 is 5.32 Å². The number of piperidine rings is 1. The Morgan fingerprint density at radius 1 is 1.14 bits per heavy atom. The minimum Gasteiger partial charge on any atom is -0.354 e. The van der Waals surface area contributed by atoms with Gasteiger partial charge in [-0.05, 0) is 45.7 Å². The van der Waals surface area contributed by atoms with Crippen molar-refractivity contribution >= 4 is 15.9 Å². The van der Waals surface area contributed by atoms with E-state index < -0.39 is 10.0 Å². The van der Waals surface area contributed by atoms with Gasteiger partial charge in [0.05, 0.1) is 5.75 Å². The average molecular weight is 331 g/mol. The zero-order chi connectivity index (χ0) is 16.2. The van der Waals surface area contributed by atoms with E-state index >= 15 is 0 Å². The Morgan fingerprint density at radius 3 is 2.41 bits per heavy atom. The Bertz CT molecular complexity index is 472. The van der Waals surface area contributed by atoms with Crippen molar-refractivity contribution in [3.8, 4) is 0 Å². The van der Waals surface area contributed by atoms with Crippen LogP contribution in [0.4, 0.5) is 0 Å². The lowest BCUT2D eigenvalue weighted by atomic mass is 9.97. The molecule has 2 aliphatic rings. The minimum atomic E-state index is -3.11. The van der Waals surface area contributed by atoms with Crippen LogP contribution in [0.2, 0.25) is 0 Å². The first kappa shape index (κ1) is 17.7.